The quantitative estimate of drug-likeness (QED) is 0.539. The van der Waals surface area contributed by atoms with Crippen LogP contribution in [0.2, 0.25) is 0 Å². The zero-order chi connectivity index (χ0) is 10.8. The molecule has 0 aromatic rings. The fraction of sp³-hybridized carbons (Fsp3) is 0.429. The van der Waals surface area contributed by atoms with Crippen molar-refractivity contribution in [3.63, 3.8) is 0 Å². The molecule has 0 nitrogen and oxygen atoms in total. The molecule has 1 aliphatic rings. The van der Waals surface area contributed by atoms with Gasteiger partial charge in [0.25, 0.3) is 0 Å². The zero-order valence-corrected chi connectivity index (χ0v) is 9.72. The highest BCUT2D eigenvalue weighted by Crippen LogP contribution is 2.18. The van der Waals surface area contributed by atoms with Crippen molar-refractivity contribution in [3.8, 4) is 11.8 Å². The van der Waals surface area contributed by atoms with Crippen LogP contribution >= 0.6 is 0 Å². The molecule has 0 aliphatic heterocycles. The van der Waals surface area contributed by atoms with Crippen LogP contribution in [-0.2, 0) is 0 Å². The first kappa shape index (κ1) is 12.8. The molecule has 0 aromatic carbocycles. The average molecular weight is 188 g/mol. The van der Waals surface area contributed by atoms with Gasteiger partial charge in [0, 0.05) is 0 Å². The molecule has 0 spiro atoms. The van der Waals surface area contributed by atoms with Gasteiger partial charge >= 0.3 is 0 Å². The topological polar surface area (TPSA) is 0 Å². The highest BCUT2D eigenvalue weighted by molar-refractivity contribution is 5.33. The van der Waals surface area contributed by atoms with E-state index in [-0.39, 0.29) is 0 Å². The Labute approximate surface area is 88.4 Å². The molecule has 0 unspecified atom stereocenters. The van der Waals surface area contributed by atoms with E-state index in [4.69, 9.17) is 0 Å². The summed E-state index contributed by atoms with van der Waals surface area (Å²) < 4.78 is 0. The van der Waals surface area contributed by atoms with E-state index in [0.29, 0.717) is 0 Å². The molecule has 76 valence electrons. The van der Waals surface area contributed by atoms with E-state index in [1.165, 1.54) is 17.6 Å². The summed E-state index contributed by atoms with van der Waals surface area (Å²) in [6.07, 6.45) is 10.7. The van der Waals surface area contributed by atoms with Gasteiger partial charge in [0.15, 0.2) is 0 Å². The van der Waals surface area contributed by atoms with Gasteiger partial charge in [-0.15, -0.1) is 5.92 Å². The van der Waals surface area contributed by atoms with Crippen molar-refractivity contribution >= 4 is 0 Å². The molecular weight excluding hydrogens is 168 g/mol. The minimum Gasteiger partial charge on any atom is -0.102 e. The van der Waals surface area contributed by atoms with Crippen LogP contribution in [0.4, 0.5) is 0 Å². The molecule has 0 aromatic heterocycles. The van der Waals surface area contributed by atoms with Crippen LogP contribution in [0.3, 0.4) is 0 Å². The van der Waals surface area contributed by atoms with E-state index in [9.17, 15) is 0 Å². The van der Waals surface area contributed by atoms with Crippen molar-refractivity contribution in [2.24, 2.45) is 0 Å². The lowest BCUT2D eigenvalue weighted by Crippen LogP contribution is -1.87. The van der Waals surface area contributed by atoms with Gasteiger partial charge in [-0.3, -0.25) is 0 Å². The molecular formula is C14H20. The monoisotopic (exact) mass is 188 g/mol. The van der Waals surface area contributed by atoms with E-state index in [1.54, 1.807) is 0 Å². The maximum absolute atomic E-state index is 2.91. The third-order valence-corrected chi connectivity index (χ3v) is 1.92. The minimum absolute atomic E-state index is 1.16. The Morgan fingerprint density at radius 1 is 1.21 bits per heavy atom. The molecule has 14 heavy (non-hydrogen) atoms. The molecule has 0 atom stereocenters. The number of rotatable bonds is 1. The molecule has 0 heterocycles. The maximum atomic E-state index is 2.91. The Bertz CT molecular complexity index is 290. The average Bonchev–Trinajstić information content (AvgIpc) is 2.24. The van der Waals surface area contributed by atoms with Crippen molar-refractivity contribution in [2.45, 2.75) is 40.5 Å². The largest absolute Gasteiger partial charge is 0.102 e. The summed E-state index contributed by atoms with van der Waals surface area (Å²) in [5.41, 5.74) is 2.84. The van der Waals surface area contributed by atoms with Crippen molar-refractivity contribution in [2.75, 3.05) is 0 Å². The van der Waals surface area contributed by atoms with Crippen LogP contribution in [0.5, 0.6) is 0 Å². The van der Waals surface area contributed by atoms with Gasteiger partial charge in [0.2, 0.25) is 0 Å². The second-order valence-corrected chi connectivity index (χ2v) is 2.98. The van der Waals surface area contributed by atoms with Crippen molar-refractivity contribution in [1.29, 1.82) is 0 Å². The molecule has 0 heteroatoms. The molecule has 0 radical (unpaired) electrons. The van der Waals surface area contributed by atoms with E-state index < -0.39 is 0 Å². The normalized spacial score (nSPS) is 14.6. The summed E-state index contributed by atoms with van der Waals surface area (Å²) in [6, 6.07) is 0. The van der Waals surface area contributed by atoms with Gasteiger partial charge in [0.1, 0.15) is 0 Å². The minimum atomic E-state index is 1.16. The van der Waals surface area contributed by atoms with Crippen LogP contribution < -0.4 is 0 Å². The van der Waals surface area contributed by atoms with Gasteiger partial charge < -0.3 is 0 Å². The van der Waals surface area contributed by atoms with Crippen molar-refractivity contribution in [3.05, 3.63) is 35.5 Å². The Hall–Kier alpha value is -1.22. The third kappa shape index (κ3) is 5.43. The Balaban J connectivity index is 0.000000791. The lowest BCUT2D eigenvalue weighted by molar-refractivity contribution is 0.928. The first-order valence-corrected chi connectivity index (χ1v) is 5.28. The lowest BCUT2D eigenvalue weighted by atomic mass is 9.99. The van der Waals surface area contributed by atoms with Crippen LogP contribution in [0.1, 0.15) is 40.5 Å². The van der Waals surface area contributed by atoms with E-state index in [2.05, 4.69) is 37.0 Å². The number of hydrogen-bond acceptors (Lipinski definition) is 0. The summed E-state index contributed by atoms with van der Waals surface area (Å²) in [4.78, 5) is 0. The lowest BCUT2D eigenvalue weighted by Gasteiger charge is -2.06. The standard InChI is InChI=1S/C12H14.C2H6/c1-3-4-5-6-12-9-7-11(2)8-10-12;1-2/h5-7,9H,8,10H2,1-2H3;1-2H3. The van der Waals surface area contributed by atoms with Gasteiger partial charge in [-0.1, -0.05) is 43.6 Å². The van der Waals surface area contributed by atoms with Gasteiger partial charge in [-0.05, 0) is 38.3 Å². The highest BCUT2D eigenvalue weighted by Gasteiger charge is 1.98. The fourth-order valence-corrected chi connectivity index (χ4v) is 1.13. The van der Waals surface area contributed by atoms with Crippen molar-refractivity contribution in [1.82, 2.24) is 0 Å². The Kier molecular flexibility index (Phi) is 7.65. The summed E-state index contributed by atoms with van der Waals surface area (Å²) in [5.74, 6) is 5.75. The number of allylic oxidation sites excluding steroid dienone is 6. The first-order valence-electron chi connectivity index (χ1n) is 5.28. The molecule has 1 rings (SSSR count). The van der Waals surface area contributed by atoms with Crippen LogP contribution in [-0.4, -0.2) is 0 Å². The molecule has 0 saturated carbocycles. The molecule has 0 bridgehead atoms. The maximum Gasteiger partial charge on any atom is -0.00235 e. The van der Waals surface area contributed by atoms with E-state index in [0.717, 1.165) is 6.42 Å². The second kappa shape index (κ2) is 8.38. The summed E-state index contributed by atoms with van der Waals surface area (Å²) >= 11 is 0. The fourth-order valence-electron chi connectivity index (χ4n) is 1.13. The predicted octanol–water partition coefficient (Wildman–Crippen LogP) is 4.26. The molecule has 0 fully saturated rings. The molecule has 0 amide bonds. The smallest absolute Gasteiger partial charge is 0.00235 e. The Morgan fingerprint density at radius 2 is 1.93 bits per heavy atom. The van der Waals surface area contributed by atoms with Gasteiger partial charge in [-0.25, -0.2) is 0 Å². The van der Waals surface area contributed by atoms with E-state index >= 15 is 0 Å². The highest BCUT2D eigenvalue weighted by atomic mass is 14.0. The summed E-state index contributed by atoms with van der Waals surface area (Å²) in [6.45, 7) is 8.02. The van der Waals surface area contributed by atoms with Gasteiger partial charge in [0.05, 0.1) is 0 Å². The van der Waals surface area contributed by atoms with Gasteiger partial charge in [-0.2, -0.15) is 0 Å². The Morgan fingerprint density at radius 3 is 2.43 bits per heavy atom. The third-order valence-electron chi connectivity index (χ3n) is 1.92. The molecule has 1 aliphatic carbocycles. The number of hydrogen-bond donors (Lipinski definition) is 0. The zero-order valence-electron chi connectivity index (χ0n) is 9.72. The predicted molar refractivity (Wildman–Crippen MR) is 65.0 cm³/mol. The molecule has 0 N–H and O–H groups in total. The van der Waals surface area contributed by atoms with Crippen LogP contribution in [0, 0.1) is 11.8 Å². The summed E-state index contributed by atoms with van der Waals surface area (Å²) in [5, 5.41) is 0. The van der Waals surface area contributed by atoms with E-state index in [1.807, 2.05) is 26.8 Å². The second-order valence-electron chi connectivity index (χ2n) is 2.98. The first-order chi connectivity index (χ1) is 6.83. The SMILES string of the molecule is CC.CC#CC=CC1=CC=C(C)CC1. The van der Waals surface area contributed by atoms with Crippen LogP contribution in [0.25, 0.3) is 0 Å². The summed E-state index contributed by atoms with van der Waals surface area (Å²) in [7, 11) is 0. The molecule has 0 saturated heterocycles. The van der Waals surface area contributed by atoms with Crippen molar-refractivity contribution < 1.29 is 0 Å². The van der Waals surface area contributed by atoms with Crippen LogP contribution in [0.15, 0.2) is 35.5 Å².